The molecule has 1 unspecified atom stereocenters. The summed E-state index contributed by atoms with van der Waals surface area (Å²) in [5.74, 6) is 0.704. The first-order chi connectivity index (χ1) is 12.0. The molecule has 0 N–H and O–H groups in total. The number of nitrogens with zero attached hydrogens (tertiary/aromatic N) is 3. The molecule has 0 spiro atoms. The van der Waals surface area contributed by atoms with Crippen LogP contribution in [-0.4, -0.2) is 40.4 Å². The Morgan fingerprint density at radius 3 is 2.80 bits per heavy atom. The Bertz CT molecular complexity index is 784. The van der Waals surface area contributed by atoms with Crippen LogP contribution in [-0.2, 0) is 22.6 Å². The average molecular weight is 341 g/mol. The van der Waals surface area contributed by atoms with E-state index in [2.05, 4.69) is 11.2 Å². The molecule has 3 rings (SSSR count). The van der Waals surface area contributed by atoms with E-state index in [-0.39, 0.29) is 24.3 Å². The summed E-state index contributed by atoms with van der Waals surface area (Å²) >= 11 is 0. The van der Waals surface area contributed by atoms with Crippen LogP contribution in [0.3, 0.4) is 0 Å². The molecule has 0 radical (unpaired) electrons. The van der Waals surface area contributed by atoms with E-state index in [1.165, 1.54) is 5.56 Å². The van der Waals surface area contributed by atoms with E-state index in [1.54, 1.807) is 23.8 Å². The van der Waals surface area contributed by atoms with Gasteiger partial charge in [0.25, 0.3) is 0 Å². The molecule has 0 bridgehead atoms. The monoisotopic (exact) mass is 341 g/mol. The minimum Gasteiger partial charge on any atom is -0.361 e. The predicted octanol–water partition coefficient (Wildman–Crippen LogP) is 2.48. The third-order valence-corrected chi connectivity index (χ3v) is 4.69. The van der Waals surface area contributed by atoms with Crippen molar-refractivity contribution < 1.29 is 14.1 Å². The third-order valence-electron chi connectivity index (χ3n) is 4.69. The number of fused-ring (bicyclic) bond motifs is 1. The van der Waals surface area contributed by atoms with Gasteiger partial charge < -0.3 is 14.3 Å². The second kappa shape index (κ2) is 7.09. The fraction of sp³-hybridized carbons (Fsp3) is 0.421. The van der Waals surface area contributed by atoms with Gasteiger partial charge >= 0.3 is 0 Å². The molecule has 0 aliphatic carbocycles. The van der Waals surface area contributed by atoms with Crippen LogP contribution in [0.25, 0.3) is 0 Å². The Labute approximate surface area is 147 Å². The molecule has 1 aliphatic rings. The van der Waals surface area contributed by atoms with Gasteiger partial charge in [-0.25, -0.2) is 0 Å². The third kappa shape index (κ3) is 3.73. The van der Waals surface area contributed by atoms with Crippen molar-refractivity contribution in [1.29, 1.82) is 0 Å². The summed E-state index contributed by atoms with van der Waals surface area (Å²) in [6.07, 6.45) is 1.10. The van der Waals surface area contributed by atoms with Crippen molar-refractivity contribution >= 4 is 11.8 Å². The van der Waals surface area contributed by atoms with Crippen LogP contribution < -0.4 is 0 Å². The van der Waals surface area contributed by atoms with E-state index in [1.807, 2.05) is 31.2 Å². The lowest BCUT2D eigenvalue weighted by Crippen LogP contribution is -2.41. The number of carbonyl (C=O) groups excluding carboxylic acids is 2. The van der Waals surface area contributed by atoms with Gasteiger partial charge in [0.1, 0.15) is 11.5 Å². The maximum Gasteiger partial charge on any atom is 0.225 e. The number of carbonyl (C=O) groups is 2. The molecule has 0 fully saturated rings. The summed E-state index contributed by atoms with van der Waals surface area (Å²) in [6.45, 7) is 4.43. The van der Waals surface area contributed by atoms with Gasteiger partial charge in [0.2, 0.25) is 11.8 Å². The zero-order chi connectivity index (χ0) is 18.0. The summed E-state index contributed by atoms with van der Waals surface area (Å²) in [6, 6.07) is 9.66. The molecule has 25 heavy (non-hydrogen) atoms. The van der Waals surface area contributed by atoms with Crippen molar-refractivity contribution in [3.05, 3.63) is 52.9 Å². The van der Waals surface area contributed by atoms with Gasteiger partial charge in [0.05, 0.1) is 19.0 Å². The number of hydrogen-bond acceptors (Lipinski definition) is 4. The van der Waals surface area contributed by atoms with E-state index in [0.717, 1.165) is 23.4 Å². The van der Waals surface area contributed by atoms with Crippen LogP contribution in [0.5, 0.6) is 0 Å². The molecule has 1 atom stereocenters. The average Bonchev–Trinajstić information content (AvgIpc) is 2.99. The lowest BCUT2D eigenvalue weighted by molar-refractivity contribution is -0.136. The SMILES string of the molecule is CC(=O)N1CCc2ccccc2C1CC(=O)N(C)Cc1cc(C)on1. The number of benzene rings is 1. The van der Waals surface area contributed by atoms with Crippen molar-refractivity contribution in [2.45, 2.75) is 39.3 Å². The highest BCUT2D eigenvalue weighted by Gasteiger charge is 2.31. The number of rotatable bonds is 4. The number of aryl methyl sites for hydroxylation is 1. The Balaban J connectivity index is 1.76. The van der Waals surface area contributed by atoms with E-state index in [0.29, 0.717) is 13.1 Å². The van der Waals surface area contributed by atoms with E-state index < -0.39 is 0 Å². The number of aromatic nitrogens is 1. The molecule has 6 nitrogen and oxygen atoms in total. The topological polar surface area (TPSA) is 66.7 Å². The van der Waals surface area contributed by atoms with Gasteiger partial charge in [-0.3, -0.25) is 9.59 Å². The Morgan fingerprint density at radius 1 is 1.36 bits per heavy atom. The minimum absolute atomic E-state index is 0.00193. The summed E-state index contributed by atoms with van der Waals surface area (Å²) in [5.41, 5.74) is 3.01. The number of hydrogen-bond donors (Lipinski definition) is 0. The fourth-order valence-electron chi connectivity index (χ4n) is 3.39. The standard InChI is InChI=1S/C19H23N3O3/c1-13-10-16(20-25-13)12-21(3)19(24)11-18-17-7-5-4-6-15(17)8-9-22(18)14(2)23/h4-7,10,18H,8-9,11-12H2,1-3H3. The molecule has 1 aliphatic heterocycles. The zero-order valence-electron chi connectivity index (χ0n) is 14.9. The molecule has 132 valence electrons. The summed E-state index contributed by atoms with van der Waals surface area (Å²) in [7, 11) is 1.75. The second-order valence-electron chi connectivity index (χ2n) is 6.56. The Hall–Kier alpha value is -2.63. The molecule has 2 heterocycles. The van der Waals surface area contributed by atoms with Gasteiger partial charge in [0.15, 0.2) is 0 Å². The van der Waals surface area contributed by atoms with E-state index in [9.17, 15) is 9.59 Å². The van der Waals surface area contributed by atoms with Gasteiger partial charge in [0, 0.05) is 26.6 Å². The molecule has 0 saturated heterocycles. The normalized spacial score (nSPS) is 16.4. The van der Waals surface area contributed by atoms with Crippen molar-refractivity contribution in [3.63, 3.8) is 0 Å². The molecular formula is C19H23N3O3. The highest BCUT2D eigenvalue weighted by Crippen LogP contribution is 2.32. The molecular weight excluding hydrogens is 318 g/mol. The predicted molar refractivity (Wildman–Crippen MR) is 92.6 cm³/mol. The first kappa shape index (κ1) is 17.2. The molecule has 0 saturated carbocycles. The van der Waals surface area contributed by atoms with Gasteiger partial charge in [-0.1, -0.05) is 29.4 Å². The smallest absolute Gasteiger partial charge is 0.225 e. The van der Waals surface area contributed by atoms with Gasteiger partial charge in [-0.2, -0.15) is 0 Å². The Kier molecular flexibility index (Phi) is 4.88. The second-order valence-corrected chi connectivity index (χ2v) is 6.56. The van der Waals surface area contributed by atoms with Crippen molar-refractivity contribution in [2.75, 3.05) is 13.6 Å². The molecule has 6 heteroatoms. The van der Waals surface area contributed by atoms with Crippen molar-refractivity contribution in [2.24, 2.45) is 0 Å². The molecule has 2 aromatic rings. The van der Waals surface area contributed by atoms with Gasteiger partial charge in [-0.05, 0) is 24.5 Å². The zero-order valence-corrected chi connectivity index (χ0v) is 14.9. The first-order valence-corrected chi connectivity index (χ1v) is 8.47. The largest absolute Gasteiger partial charge is 0.361 e. The van der Waals surface area contributed by atoms with E-state index >= 15 is 0 Å². The van der Waals surface area contributed by atoms with E-state index in [4.69, 9.17) is 4.52 Å². The summed E-state index contributed by atoms with van der Waals surface area (Å²) < 4.78 is 5.05. The highest BCUT2D eigenvalue weighted by molar-refractivity contribution is 5.79. The lowest BCUT2D eigenvalue weighted by atomic mass is 9.90. The fourth-order valence-corrected chi connectivity index (χ4v) is 3.39. The van der Waals surface area contributed by atoms with Crippen LogP contribution in [0.2, 0.25) is 0 Å². The quantitative estimate of drug-likeness (QED) is 0.857. The van der Waals surface area contributed by atoms with Crippen LogP contribution in [0.1, 0.15) is 42.0 Å². The minimum atomic E-state index is -0.212. The van der Waals surface area contributed by atoms with Gasteiger partial charge in [-0.15, -0.1) is 0 Å². The molecule has 2 amide bonds. The number of amides is 2. The highest BCUT2D eigenvalue weighted by atomic mass is 16.5. The molecule has 1 aromatic carbocycles. The summed E-state index contributed by atoms with van der Waals surface area (Å²) in [5, 5.41) is 3.93. The van der Waals surface area contributed by atoms with Crippen LogP contribution in [0.4, 0.5) is 0 Å². The summed E-state index contributed by atoms with van der Waals surface area (Å²) in [4.78, 5) is 28.2. The van der Waals surface area contributed by atoms with Crippen LogP contribution in [0, 0.1) is 6.92 Å². The lowest BCUT2D eigenvalue weighted by Gasteiger charge is -2.37. The Morgan fingerprint density at radius 2 is 2.12 bits per heavy atom. The van der Waals surface area contributed by atoms with Crippen molar-refractivity contribution in [3.8, 4) is 0 Å². The molecule has 1 aromatic heterocycles. The first-order valence-electron chi connectivity index (χ1n) is 8.47. The van der Waals surface area contributed by atoms with Crippen molar-refractivity contribution in [1.82, 2.24) is 15.0 Å². The van der Waals surface area contributed by atoms with Crippen LogP contribution in [0.15, 0.2) is 34.9 Å². The van der Waals surface area contributed by atoms with Crippen LogP contribution >= 0.6 is 0 Å². The maximum absolute atomic E-state index is 12.7. The maximum atomic E-state index is 12.7.